The van der Waals surface area contributed by atoms with Crippen molar-refractivity contribution in [1.82, 2.24) is 20.5 Å². The number of phenols is 1. The molecule has 1 aliphatic heterocycles. The molecule has 0 fully saturated rings. The Labute approximate surface area is 216 Å². The Balaban J connectivity index is 1.47. The van der Waals surface area contributed by atoms with E-state index in [0.717, 1.165) is 16.7 Å². The number of nitrogens with zero attached hydrogens (tertiary/aromatic N) is 2. The molecule has 0 atom stereocenters. The largest absolute Gasteiger partial charge is 0.507 e. The molecule has 0 saturated carbocycles. The zero-order valence-electron chi connectivity index (χ0n) is 20.8. The van der Waals surface area contributed by atoms with Crippen LogP contribution in [0.25, 0.3) is 11.1 Å². The van der Waals surface area contributed by atoms with Gasteiger partial charge in [0.25, 0.3) is 5.91 Å². The Morgan fingerprint density at radius 2 is 1.84 bits per heavy atom. The van der Waals surface area contributed by atoms with E-state index in [2.05, 4.69) is 15.6 Å². The van der Waals surface area contributed by atoms with Crippen molar-refractivity contribution in [3.05, 3.63) is 83.7 Å². The lowest BCUT2D eigenvalue weighted by atomic mass is 9.98. The lowest BCUT2D eigenvalue weighted by Gasteiger charge is -2.22. The van der Waals surface area contributed by atoms with Crippen LogP contribution in [0, 0.1) is 0 Å². The van der Waals surface area contributed by atoms with Crippen molar-refractivity contribution < 1.29 is 19.5 Å². The number of aromatic nitrogens is 1. The van der Waals surface area contributed by atoms with Crippen LogP contribution in [-0.4, -0.2) is 58.9 Å². The minimum absolute atomic E-state index is 0.0103. The average molecular weight is 501 g/mol. The number of hydrogen-bond donors (Lipinski definition) is 3. The average Bonchev–Trinajstić information content (AvgIpc) is 2.92. The van der Waals surface area contributed by atoms with Crippen molar-refractivity contribution in [2.24, 2.45) is 0 Å². The highest BCUT2D eigenvalue weighted by Gasteiger charge is 2.18. The van der Waals surface area contributed by atoms with Gasteiger partial charge >= 0.3 is 0 Å². The van der Waals surface area contributed by atoms with Gasteiger partial charge in [-0.05, 0) is 72.7 Å². The highest BCUT2D eigenvalue weighted by molar-refractivity contribution is 5.95. The van der Waals surface area contributed by atoms with Gasteiger partial charge in [-0.3, -0.25) is 19.4 Å². The van der Waals surface area contributed by atoms with Gasteiger partial charge in [-0.1, -0.05) is 24.3 Å². The van der Waals surface area contributed by atoms with Gasteiger partial charge in [0.15, 0.2) is 0 Å². The van der Waals surface area contributed by atoms with Crippen molar-refractivity contribution in [3.63, 3.8) is 0 Å². The summed E-state index contributed by atoms with van der Waals surface area (Å²) in [5.74, 6) is -0.365. The Hall–Kier alpha value is -4.20. The van der Waals surface area contributed by atoms with Crippen molar-refractivity contribution in [1.29, 1.82) is 0 Å². The highest BCUT2D eigenvalue weighted by atomic mass is 16.3. The van der Waals surface area contributed by atoms with E-state index in [1.807, 2.05) is 30.3 Å². The van der Waals surface area contributed by atoms with Crippen LogP contribution in [0.1, 0.15) is 40.7 Å². The van der Waals surface area contributed by atoms with Gasteiger partial charge in [0.1, 0.15) is 5.75 Å². The maximum atomic E-state index is 13.0. The van der Waals surface area contributed by atoms with Gasteiger partial charge in [-0.25, -0.2) is 0 Å². The Morgan fingerprint density at radius 1 is 0.973 bits per heavy atom. The number of rotatable bonds is 3. The fraction of sp³-hybridized carbons (Fsp3) is 0.310. The Morgan fingerprint density at radius 3 is 2.68 bits per heavy atom. The third-order valence-electron chi connectivity index (χ3n) is 6.41. The summed E-state index contributed by atoms with van der Waals surface area (Å²) in [7, 11) is 0. The minimum atomic E-state index is -0.212. The normalized spacial score (nSPS) is 15.2. The van der Waals surface area contributed by atoms with Crippen LogP contribution in [0.15, 0.2) is 67.0 Å². The first kappa shape index (κ1) is 25.9. The number of aromatic hydroxyl groups is 1. The second-order valence-electron chi connectivity index (χ2n) is 9.17. The molecule has 1 aliphatic rings. The van der Waals surface area contributed by atoms with Gasteiger partial charge in [-0.15, -0.1) is 0 Å². The number of aryl methyl sites for hydroxylation is 1. The summed E-state index contributed by atoms with van der Waals surface area (Å²) in [5.41, 5.74) is 3.81. The van der Waals surface area contributed by atoms with Crippen LogP contribution in [-0.2, 0) is 22.4 Å². The third kappa shape index (κ3) is 7.39. The van der Waals surface area contributed by atoms with Crippen molar-refractivity contribution >= 4 is 17.7 Å². The van der Waals surface area contributed by atoms with Crippen LogP contribution >= 0.6 is 0 Å². The zero-order valence-corrected chi connectivity index (χ0v) is 20.8. The third-order valence-corrected chi connectivity index (χ3v) is 6.41. The second-order valence-corrected chi connectivity index (χ2v) is 9.17. The van der Waals surface area contributed by atoms with Crippen molar-refractivity contribution in [2.45, 2.75) is 32.1 Å². The van der Waals surface area contributed by atoms with E-state index in [1.54, 1.807) is 41.6 Å². The molecular formula is C29H32N4O4. The first-order valence-corrected chi connectivity index (χ1v) is 12.6. The maximum Gasteiger partial charge on any atom is 0.251 e. The molecule has 3 amide bonds. The number of fused-ring (bicyclic) bond motifs is 5. The summed E-state index contributed by atoms with van der Waals surface area (Å²) in [6.07, 6.45) is 6.18. The molecule has 3 N–H and O–H groups in total. The lowest BCUT2D eigenvalue weighted by Crippen LogP contribution is -2.42. The summed E-state index contributed by atoms with van der Waals surface area (Å²) < 4.78 is 0. The molecular weight excluding hydrogens is 468 g/mol. The SMILES string of the molecule is O=C1CN(C(=O)CCc2cccnc2)CCCCNC(=O)c2cccc(c2)-c2cc(ccc2O)CCN1. The fourth-order valence-corrected chi connectivity index (χ4v) is 4.35. The predicted molar refractivity (Wildman–Crippen MR) is 141 cm³/mol. The quantitative estimate of drug-likeness (QED) is 0.512. The van der Waals surface area contributed by atoms with E-state index in [0.29, 0.717) is 62.9 Å². The predicted octanol–water partition coefficient (Wildman–Crippen LogP) is 3.10. The molecule has 3 aromatic rings. The van der Waals surface area contributed by atoms with Crippen LogP contribution in [0.5, 0.6) is 5.75 Å². The van der Waals surface area contributed by atoms with E-state index in [-0.39, 0.29) is 30.0 Å². The number of pyridine rings is 1. The molecule has 4 rings (SSSR count). The minimum Gasteiger partial charge on any atom is -0.507 e. The molecule has 8 nitrogen and oxygen atoms in total. The smallest absolute Gasteiger partial charge is 0.251 e. The molecule has 2 heterocycles. The molecule has 4 bridgehead atoms. The first-order chi connectivity index (χ1) is 18.0. The number of carbonyl (C=O) groups excluding carboxylic acids is 3. The lowest BCUT2D eigenvalue weighted by molar-refractivity contribution is -0.136. The number of hydrogen-bond acceptors (Lipinski definition) is 5. The van der Waals surface area contributed by atoms with Crippen LogP contribution in [0.3, 0.4) is 0 Å². The van der Waals surface area contributed by atoms with Gasteiger partial charge in [0, 0.05) is 49.6 Å². The van der Waals surface area contributed by atoms with Crippen LogP contribution in [0.4, 0.5) is 0 Å². The standard InChI is InChI=1S/C29H32N4O4/c34-26-10-8-21-12-15-31-27(35)20-33(28(36)11-9-22-5-4-13-30-19-22)16-2-1-14-32-29(37)24-7-3-6-23(18-24)25(26)17-21/h3-8,10,13,17-19,34H,1-2,9,11-12,14-16,20H2,(H,31,35)(H,32,37). The molecule has 0 saturated heterocycles. The van der Waals surface area contributed by atoms with Gasteiger partial charge in [0.2, 0.25) is 11.8 Å². The van der Waals surface area contributed by atoms with Crippen molar-refractivity contribution in [3.8, 4) is 16.9 Å². The van der Waals surface area contributed by atoms with E-state index in [9.17, 15) is 19.5 Å². The summed E-state index contributed by atoms with van der Waals surface area (Å²) in [6.45, 7) is 1.28. The fourth-order valence-electron chi connectivity index (χ4n) is 4.35. The summed E-state index contributed by atoms with van der Waals surface area (Å²) >= 11 is 0. The number of benzene rings is 2. The van der Waals surface area contributed by atoms with Gasteiger partial charge in [-0.2, -0.15) is 0 Å². The molecule has 2 aromatic carbocycles. The summed E-state index contributed by atoms with van der Waals surface area (Å²) in [5, 5.41) is 16.3. The molecule has 37 heavy (non-hydrogen) atoms. The zero-order chi connectivity index (χ0) is 26.0. The number of phenolic OH excluding ortho intramolecular Hbond substituents is 1. The molecule has 1 aromatic heterocycles. The van der Waals surface area contributed by atoms with E-state index in [1.165, 1.54) is 0 Å². The molecule has 0 aliphatic carbocycles. The monoisotopic (exact) mass is 500 g/mol. The van der Waals surface area contributed by atoms with Gasteiger partial charge in [0.05, 0.1) is 6.54 Å². The molecule has 0 unspecified atom stereocenters. The van der Waals surface area contributed by atoms with Gasteiger partial charge < -0.3 is 20.6 Å². The molecule has 192 valence electrons. The molecule has 0 radical (unpaired) electrons. The van der Waals surface area contributed by atoms with Crippen LogP contribution < -0.4 is 10.6 Å². The molecule has 8 heteroatoms. The van der Waals surface area contributed by atoms with E-state index >= 15 is 0 Å². The number of amides is 3. The van der Waals surface area contributed by atoms with E-state index in [4.69, 9.17) is 0 Å². The van der Waals surface area contributed by atoms with E-state index < -0.39 is 0 Å². The highest BCUT2D eigenvalue weighted by Crippen LogP contribution is 2.30. The van der Waals surface area contributed by atoms with Crippen LogP contribution in [0.2, 0.25) is 0 Å². The second kappa shape index (κ2) is 12.7. The maximum absolute atomic E-state index is 13.0. The Kier molecular flexibility index (Phi) is 8.86. The number of nitrogens with one attached hydrogen (secondary N) is 2. The van der Waals surface area contributed by atoms with Crippen molar-refractivity contribution in [2.75, 3.05) is 26.2 Å². The Bertz CT molecular complexity index is 1250. The summed E-state index contributed by atoms with van der Waals surface area (Å²) in [6, 6.07) is 16.2. The number of carbonyl (C=O) groups is 3. The summed E-state index contributed by atoms with van der Waals surface area (Å²) in [4.78, 5) is 44.1. The first-order valence-electron chi connectivity index (χ1n) is 12.6. The molecule has 0 spiro atoms. The topological polar surface area (TPSA) is 112 Å².